The predicted octanol–water partition coefficient (Wildman–Crippen LogP) is 3.64. The number of nitrogens with zero attached hydrogens (tertiary/aromatic N) is 1. The summed E-state index contributed by atoms with van der Waals surface area (Å²) in [5.41, 5.74) is 4.75. The van der Waals surface area contributed by atoms with Crippen LogP contribution in [0.5, 0.6) is 28.7 Å². The Kier molecular flexibility index (Phi) is 4.75. The number of fused-ring (bicyclic) bond motifs is 6. The zero-order valence-electron chi connectivity index (χ0n) is 17.0. The fraction of sp³-hybridized carbons (Fsp3) is 0.455. The van der Waals surface area contributed by atoms with E-state index >= 15 is 0 Å². The average molecular weight is 385 g/mol. The highest BCUT2D eigenvalue weighted by molar-refractivity contribution is 5.62. The normalized spacial score (nSPS) is 20.6. The summed E-state index contributed by atoms with van der Waals surface area (Å²) in [5.74, 6) is 2.76. The Hall–Kier alpha value is -2.60. The Morgan fingerprint density at radius 1 is 0.857 bits per heavy atom. The Morgan fingerprint density at radius 3 is 2.18 bits per heavy atom. The lowest BCUT2D eigenvalue weighted by molar-refractivity contribution is 0.151. The van der Waals surface area contributed by atoms with Gasteiger partial charge in [-0.1, -0.05) is 0 Å². The molecule has 0 spiro atoms. The summed E-state index contributed by atoms with van der Waals surface area (Å²) in [6, 6.07) is 6.25. The standard InChI is InChI=1S/C22H27NO5/c1-23-15-7-6-12-9-19(26-3)21(27-4)22(28-5)20(12)16(23)8-13-10-18(25-2)17(24)11-14(13)15/h9-11,15-16,24H,6-8H2,1-5H3/t15-,16-/m1/s1. The number of aromatic hydroxyl groups is 1. The molecule has 0 amide bonds. The van der Waals surface area contributed by atoms with Crippen molar-refractivity contribution in [2.45, 2.75) is 31.3 Å². The minimum atomic E-state index is 0.138. The highest BCUT2D eigenvalue weighted by atomic mass is 16.5. The van der Waals surface area contributed by atoms with Crippen LogP contribution in [0.4, 0.5) is 0 Å². The van der Waals surface area contributed by atoms with Crippen molar-refractivity contribution in [2.24, 2.45) is 0 Å². The van der Waals surface area contributed by atoms with Crippen LogP contribution < -0.4 is 18.9 Å². The fourth-order valence-corrected chi connectivity index (χ4v) is 4.82. The third kappa shape index (κ3) is 2.66. The lowest BCUT2D eigenvalue weighted by Gasteiger charge is -2.40. The molecule has 28 heavy (non-hydrogen) atoms. The number of phenolic OH excluding ortho intramolecular Hbond substituents is 1. The molecule has 2 heterocycles. The summed E-state index contributed by atoms with van der Waals surface area (Å²) >= 11 is 0. The van der Waals surface area contributed by atoms with E-state index in [0.29, 0.717) is 17.2 Å². The maximum Gasteiger partial charge on any atom is 0.203 e. The fourth-order valence-electron chi connectivity index (χ4n) is 4.82. The molecule has 0 aromatic heterocycles. The summed E-state index contributed by atoms with van der Waals surface area (Å²) in [4.78, 5) is 2.38. The SMILES string of the molecule is COc1cc2c(cc1O)[C@H]1CCc3cc(OC)c(OC)c(OC)c3[C@@H](C2)N1C. The highest BCUT2D eigenvalue weighted by Crippen LogP contribution is 2.53. The van der Waals surface area contributed by atoms with Crippen molar-refractivity contribution in [3.63, 3.8) is 0 Å². The first-order valence-electron chi connectivity index (χ1n) is 9.47. The van der Waals surface area contributed by atoms with Gasteiger partial charge in [-0.2, -0.15) is 0 Å². The van der Waals surface area contributed by atoms with Crippen LogP contribution in [0.1, 0.15) is 40.8 Å². The van der Waals surface area contributed by atoms with Gasteiger partial charge in [0.15, 0.2) is 23.0 Å². The van der Waals surface area contributed by atoms with Crippen molar-refractivity contribution >= 4 is 0 Å². The van der Waals surface area contributed by atoms with Crippen LogP contribution in [0.3, 0.4) is 0 Å². The summed E-state index contributed by atoms with van der Waals surface area (Å²) < 4.78 is 22.4. The molecule has 150 valence electrons. The lowest BCUT2D eigenvalue weighted by Crippen LogP contribution is -2.34. The second-order valence-electron chi connectivity index (χ2n) is 7.38. The monoisotopic (exact) mass is 385 g/mol. The van der Waals surface area contributed by atoms with Crippen molar-refractivity contribution in [3.05, 3.63) is 40.5 Å². The molecule has 0 radical (unpaired) electrons. The largest absolute Gasteiger partial charge is 0.504 e. The third-order valence-corrected chi connectivity index (χ3v) is 6.17. The minimum absolute atomic E-state index is 0.138. The molecule has 0 fully saturated rings. The van der Waals surface area contributed by atoms with Crippen LogP contribution in [0, 0.1) is 0 Å². The van der Waals surface area contributed by atoms with Gasteiger partial charge in [0.25, 0.3) is 0 Å². The van der Waals surface area contributed by atoms with Gasteiger partial charge in [0.05, 0.1) is 28.4 Å². The molecule has 2 bridgehead atoms. The van der Waals surface area contributed by atoms with Crippen LogP contribution in [-0.2, 0) is 12.8 Å². The quantitative estimate of drug-likeness (QED) is 0.867. The Balaban J connectivity index is 1.92. The molecular formula is C22H27NO5. The second-order valence-corrected chi connectivity index (χ2v) is 7.38. The highest BCUT2D eigenvalue weighted by Gasteiger charge is 2.39. The van der Waals surface area contributed by atoms with Crippen molar-refractivity contribution in [3.8, 4) is 28.7 Å². The van der Waals surface area contributed by atoms with E-state index in [0.717, 1.165) is 30.6 Å². The molecule has 2 aromatic rings. The molecule has 4 rings (SSSR count). The van der Waals surface area contributed by atoms with Crippen LogP contribution in [0.25, 0.3) is 0 Å². The van der Waals surface area contributed by atoms with Gasteiger partial charge in [-0.25, -0.2) is 0 Å². The first-order valence-corrected chi connectivity index (χ1v) is 9.47. The molecule has 0 saturated heterocycles. The van der Waals surface area contributed by atoms with E-state index in [1.165, 1.54) is 16.7 Å². The van der Waals surface area contributed by atoms with E-state index < -0.39 is 0 Å². The molecule has 2 aliphatic heterocycles. The van der Waals surface area contributed by atoms with Crippen LogP contribution in [0.15, 0.2) is 18.2 Å². The first-order chi connectivity index (χ1) is 13.5. The van der Waals surface area contributed by atoms with Gasteiger partial charge in [0.1, 0.15) is 0 Å². The minimum Gasteiger partial charge on any atom is -0.504 e. The number of hydrogen-bond donors (Lipinski definition) is 1. The number of hydrogen-bond acceptors (Lipinski definition) is 6. The number of methoxy groups -OCH3 is 4. The Labute approximate surface area is 165 Å². The predicted molar refractivity (Wildman–Crippen MR) is 106 cm³/mol. The molecule has 6 heteroatoms. The van der Waals surface area contributed by atoms with Crippen LogP contribution in [0.2, 0.25) is 0 Å². The number of benzene rings is 2. The topological polar surface area (TPSA) is 60.4 Å². The molecule has 2 atom stereocenters. The van der Waals surface area contributed by atoms with Crippen molar-refractivity contribution in [1.82, 2.24) is 4.90 Å². The summed E-state index contributed by atoms with van der Waals surface area (Å²) in [5, 5.41) is 10.3. The maximum atomic E-state index is 10.3. The Bertz CT molecular complexity index is 911. The lowest BCUT2D eigenvalue weighted by atomic mass is 9.85. The molecule has 2 aliphatic rings. The average Bonchev–Trinajstić information content (AvgIpc) is 2.79. The van der Waals surface area contributed by atoms with E-state index in [1.807, 2.05) is 12.1 Å². The summed E-state index contributed by atoms with van der Waals surface area (Å²) in [6.07, 6.45) is 2.64. The number of likely N-dealkylation sites (N-methyl/N-ethyl adjacent to an activating group) is 1. The molecule has 0 saturated carbocycles. The number of ether oxygens (including phenoxy) is 4. The zero-order valence-corrected chi connectivity index (χ0v) is 17.0. The third-order valence-electron chi connectivity index (χ3n) is 6.17. The van der Waals surface area contributed by atoms with Gasteiger partial charge in [-0.15, -0.1) is 0 Å². The number of phenols is 1. The van der Waals surface area contributed by atoms with Crippen molar-refractivity contribution in [1.29, 1.82) is 0 Å². The van der Waals surface area contributed by atoms with E-state index in [2.05, 4.69) is 18.0 Å². The smallest absolute Gasteiger partial charge is 0.203 e. The van der Waals surface area contributed by atoms with E-state index in [9.17, 15) is 5.11 Å². The van der Waals surface area contributed by atoms with Gasteiger partial charge in [-0.05, 0) is 61.2 Å². The van der Waals surface area contributed by atoms with Gasteiger partial charge in [0.2, 0.25) is 5.75 Å². The van der Waals surface area contributed by atoms with Crippen LogP contribution >= 0.6 is 0 Å². The molecular weight excluding hydrogens is 358 g/mol. The molecule has 0 unspecified atom stereocenters. The summed E-state index contributed by atoms with van der Waals surface area (Å²) in [6.45, 7) is 0. The molecule has 6 nitrogen and oxygen atoms in total. The van der Waals surface area contributed by atoms with E-state index in [-0.39, 0.29) is 17.8 Å². The van der Waals surface area contributed by atoms with Gasteiger partial charge >= 0.3 is 0 Å². The number of aryl methyl sites for hydroxylation is 1. The number of rotatable bonds is 4. The van der Waals surface area contributed by atoms with E-state index in [1.54, 1.807) is 28.4 Å². The van der Waals surface area contributed by atoms with Gasteiger partial charge in [-0.3, -0.25) is 4.90 Å². The molecule has 1 N–H and O–H groups in total. The van der Waals surface area contributed by atoms with Gasteiger partial charge in [0, 0.05) is 17.6 Å². The first kappa shape index (κ1) is 18.7. The zero-order chi connectivity index (χ0) is 20.0. The van der Waals surface area contributed by atoms with Crippen molar-refractivity contribution in [2.75, 3.05) is 35.5 Å². The second kappa shape index (κ2) is 7.09. The maximum absolute atomic E-state index is 10.3. The Morgan fingerprint density at radius 2 is 1.54 bits per heavy atom. The van der Waals surface area contributed by atoms with Gasteiger partial charge < -0.3 is 24.1 Å². The summed E-state index contributed by atoms with van der Waals surface area (Å²) in [7, 11) is 8.69. The van der Waals surface area contributed by atoms with Crippen molar-refractivity contribution < 1.29 is 24.1 Å². The van der Waals surface area contributed by atoms with E-state index in [4.69, 9.17) is 18.9 Å². The molecule has 0 aliphatic carbocycles. The molecule has 2 aromatic carbocycles. The van der Waals surface area contributed by atoms with Crippen LogP contribution in [-0.4, -0.2) is 45.5 Å².